The topological polar surface area (TPSA) is 47.6 Å². The molecule has 0 radical (unpaired) electrons. The van der Waals surface area contributed by atoms with E-state index in [9.17, 15) is 4.79 Å². The summed E-state index contributed by atoms with van der Waals surface area (Å²) in [5.41, 5.74) is 2.84. The number of halogens is 1. The Morgan fingerprint density at radius 3 is 2.64 bits per heavy atom. The second kappa shape index (κ2) is 5.73. The van der Waals surface area contributed by atoms with E-state index in [2.05, 4.69) is 5.32 Å². The highest BCUT2D eigenvalue weighted by Crippen LogP contribution is 2.36. The third-order valence-corrected chi connectivity index (χ3v) is 3.74. The first-order chi connectivity index (χ1) is 10.6. The summed E-state index contributed by atoms with van der Waals surface area (Å²) < 4.78 is 10.6. The Hall–Kier alpha value is -2.46. The van der Waals surface area contributed by atoms with Crippen LogP contribution in [0.1, 0.15) is 11.1 Å². The number of carbonyl (C=O) groups is 1. The van der Waals surface area contributed by atoms with E-state index in [0.29, 0.717) is 22.1 Å². The Labute approximate surface area is 133 Å². The standard InChI is InChI=1S/C17H14ClNO3/c1-21-12-4-6-16(22-2)10(7-12)8-14-13-9-11(18)3-5-15(13)19-17(14)20/h3-9H,1-2H3,(H,19,20). The van der Waals surface area contributed by atoms with Gasteiger partial charge in [0, 0.05) is 27.4 Å². The van der Waals surface area contributed by atoms with E-state index < -0.39 is 0 Å². The molecule has 0 atom stereocenters. The highest BCUT2D eigenvalue weighted by molar-refractivity contribution is 6.36. The van der Waals surface area contributed by atoms with Gasteiger partial charge in [-0.3, -0.25) is 4.79 Å². The van der Waals surface area contributed by atoms with Crippen LogP contribution in [0.2, 0.25) is 5.02 Å². The SMILES string of the molecule is COc1ccc(OC)c(C=C2C(=O)Nc3ccc(Cl)cc32)c1. The zero-order chi connectivity index (χ0) is 15.7. The van der Waals surface area contributed by atoms with Gasteiger partial charge in [-0.15, -0.1) is 0 Å². The van der Waals surface area contributed by atoms with Crippen LogP contribution in [-0.2, 0) is 4.79 Å². The van der Waals surface area contributed by atoms with E-state index in [0.717, 1.165) is 16.8 Å². The molecule has 2 aromatic carbocycles. The van der Waals surface area contributed by atoms with E-state index in [-0.39, 0.29) is 5.91 Å². The number of nitrogens with one attached hydrogen (secondary N) is 1. The van der Waals surface area contributed by atoms with Crippen molar-refractivity contribution in [1.82, 2.24) is 0 Å². The molecule has 0 saturated carbocycles. The maximum atomic E-state index is 12.2. The van der Waals surface area contributed by atoms with Crippen molar-refractivity contribution in [1.29, 1.82) is 0 Å². The van der Waals surface area contributed by atoms with Crippen LogP contribution in [0.5, 0.6) is 11.5 Å². The van der Waals surface area contributed by atoms with Crippen LogP contribution in [-0.4, -0.2) is 20.1 Å². The molecule has 0 saturated heterocycles. The molecular formula is C17H14ClNO3. The zero-order valence-electron chi connectivity index (χ0n) is 12.1. The Kier molecular flexibility index (Phi) is 3.77. The van der Waals surface area contributed by atoms with Crippen molar-refractivity contribution in [2.24, 2.45) is 0 Å². The van der Waals surface area contributed by atoms with Gasteiger partial charge in [0.2, 0.25) is 0 Å². The van der Waals surface area contributed by atoms with Crippen molar-refractivity contribution < 1.29 is 14.3 Å². The lowest BCUT2D eigenvalue weighted by atomic mass is 10.0. The van der Waals surface area contributed by atoms with E-state index >= 15 is 0 Å². The fourth-order valence-corrected chi connectivity index (χ4v) is 2.58. The minimum atomic E-state index is -0.165. The Balaban J connectivity index is 2.13. The minimum Gasteiger partial charge on any atom is -0.497 e. The van der Waals surface area contributed by atoms with E-state index in [1.807, 2.05) is 6.07 Å². The average Bonchev–Trinajstić information content (AvgIpc) is 2.83. The van der Waals surface area contributed by atoms with Crippen molar-refractivity contribution >= 4 is 34.8 Å². The number of hydrogen-bond donors (Lipinski definition) is 1. The van der Waals surface area contributed by atoms with Gasteiger partial charge in [0.1, 0.15) is 11.5 Å². The molecule has 1 N–H and O–H groups in total. The summed E-state index contributed by atoms with van der Waals surface area (Å²) in [4.78, 5) is 12.2. The van der Waals surface area contributed by atoms with E-state index in [4.69, 9.17) is 21.1 Å². The summed E-state index contributed by atoms with van der Waals surface area (Å²) >= 11 is 6.03. The van der Waals surface area contributed by atoms with Gasteiger partial charge in [0.05, 0.1) is 14.2 Å². The highest BCUT2D eigenvalue weighted by atomic mass is 35.5. The van der Waals surface area contributed by atoms with Gasteiger partial charge in [0.15, 0.2) is 0 Å². The van der Waals surface area contributed by atoms with Crippen LogP contribution in [0.3, 0.4) is 0 Å². The number of hydrogen-bond acceptors (Lipinski definition) is 3. The van der Waals surface area contributed by atoms with Gasteiger partial charge in [-0.25, -0.2) is 0 Å². The summed E-state index contributed by atoms with van der Waals surface area (Å²) in [6.07, 6.45) is 1.78. The molecular weight excluding hydrogens is 302 g/mol. The molecule has 0 unspecified atom stereocenters. The summed E-state index contributed by atoms with van der Waals surface area (Å²) in [6, 6.07) is 10.7. The van der Waals surface area contributed by atoms with Gasteiger partial charge in [-0.05, 0) is 42.5 Å². The monoisotopic (exact) mass is 315 g/mol. The van der Waals surface area contributed by atoms with Crippen molar-refractivity contribution in [2.75, 3.05) is 19.5 Å². The van der Waals surface area contributed by atoms with Gasteiger partial charge in [-0.2, -0.15) is 0 Å². The third kappa shape index (κ3) is 2.53. The molecule has 2 aromatic rings. The van der Waals surface area contributed by atoms with Gasteiger partial charge < -0.3 is 14.8 Å². The maximum absolute atomic E-state index is 12.2. The van der Waals surface area contributed by atoms with Crippen LogP contribution < -0.4 is 14.8 Å². The van der Waals surface area contributed by atoms with Crippen molar-refractivity contribution in [2.45, 2.75) is 0 Å². The van der Waals surface area contributed by atoms with Gasteiger partial charge in [-0.1, -0.05) is 11.6 Å². The number of ether oxygens (including phenoxy) is 2. The number of methoxy groups -OCH3 is 2. The minimum absolute atomic E-state index is 0.165. The lowest BCUT2D eigenvalue weighted by Crippen LogP contribution is -2.03. The molecule has 1 amide bonds. The Morgan fingerprint density at radius 1 is 1.09 bits per heavy atom. The molecule has 0 aliphatic carbocycles. The predicted octanol–water partition coefficient (Wildman–Crippen LogP) is 3.85. The molecule has 112 valence electrons. The molecule has 0 spiro atoms. The van der Waals surface area contributed by atoms with Gasteiger partial charge >= 0.3 is 0 Å². The third-order valence-electron chi connectivity index (χ3n) is 3.50. The summed E-state index contributed by atoms with van der Waals surface area (Å²) in [5, 5.41) is 3.41. The molecule has 1 aliphatic rings. The van der Waals surface area contributed by atoms with Crippen LogP contribution in [0, 0.1) is 0 Å². The first kappa shape index (κ1) is 14.5. The second-order valence-corrected chi connectivity index (χ2v) is 5.25. The lowest BCUT2D eigenvalue weighted by Gasteiger charge is -2.08. The van der Waals surface area contributed by atoms with Crippen molar-refractivity contribution in [3.05, 3.63) is 52.5 Å². The quantitative estimate of drug-likeness (QED) is 0.875. The number of benzene rings is 2. The molecule has 0 aromatic heterocycles. The molecule has 5 heteroatoms. The first-order valence-electron chi connectivity index (χ1n) is 6.67. The zero-order valence-corrected chi connectivity index (χ0v) is 12.9. The molecule has 3 rings (SSSR count). The van der Waals surface area contributed by atoms with Crippen LogP contribution >= 0.6 is 11.6 Å². The summed E-state index contributed by atoms with van der Waals surface area (Å²) in [7, 11) is 3.18. The molecule has 1 heterocycles. The number of carbonyl (C=O) groups excluding carboxylic acids is 1. The summed E-state index contributed by atoms with van der Waals surface area (Å²) in [6.45, 7) is 0. The Bertz CT molecular complexity index is 783. The number of amides is 1. The number of rotatable bonds is 3. The van der Waals surface area contributed by atoms with Crippen LogP contribution in [0.25, 0.3) is 11.6 Å². The molecule has 1 aliphatic heterocycles. The average molecular weight is 316 g/mol. The van der Waals surface area contributed by atoms with Crippen LogP contribution in [0.4, 0.5) is 5.69 Å². The smallest absolute Gasteiger partial charge is 0.256 e. The maximum Gasteiger partial charge on any atom is 0.256 e. The van der Waals surface area contributed by atoms with E-state index in [1.165, 1.54) is 0 Å². The highest BCUT2D eigenvalue weighted by Gasteiger charge is 2.24. The lowest BCUT2D eigenvalue weighted by molar-refractivity contribution is -0.110. The van der Waals surface area contributed by atoms with Crippen molar-refractivity contribution in [3.63, 3.8) is 0 Å². The normalized spacial score (nSPS) is 14.7. The van der Waals surface area contributed by atoms with Crippen molar-refractivity contribution in [3.8, 4) is 11.5 Å². The number of fused-ring (bicyclic) bond motifs is 1. The largest absolute Gasteiger partial charge is 0.497 e. The fourth-order valence-electron chi connectivity index (χ4n) is 2.41. The number of anilines is 1. The second-order valence-electron chi connectivity index (χ2n) is 4.81. The summed E-state index contributed by atoms with van der Waals surface area (Å²) in [5.74, 6) is 1.19. The molecule has 4 nitrogen and oxygen atoms in total. The molecule has 22 heavy (non-hydrogen) atoms. The van der Waals surface area contributed by atoms with E-state index in [1.54, 1.807) is 50.6 Å². The first-order valence-corrected chi connectivity index (χ1v) is 7.05. The molecule has 0 bridgehead atoms. The predicted molar refractivity (Wildman–Crippen MR) is 87.5 cm³/mol. The Morgan fingerprint density at radius 2 is 1.91 bits per heavy atom. The fraction of sp³-hybridized carbons (Fsp3) is 0.118. The van der Waals surface area contributed by atoms with Gasteiger partial charge in [0.25, 0.3) is 5.91 Å². The molecule has 0 fully saturated rings. The van der Waals surface area contributed by atoms with Crippen LogP contribution in [0.15, 0.2) is 36.4 Å².